The molecule has 0 aromatic carbocycles. The van der Waals surface area contributed by atoms with Gasteiger partial charge in [0.1, 0.15) is 0 Å². The van der Waals surface area contributed by atoms with Crippen LogP contribution >= 0.6 is 0 Å². The van der Waals surface area contributed by atoms with Crippen molar-refractivity contribution in [2.45, 2.75) is 19.3 Å². The molecule has 1 nitrogen and oxygen atoms in total. The molecular weight excluding hydrogens is 98.1 g/mol. The summed E-state index contributed by atoms with van der Waals surface area (Å²) in [5.41, 5.74) is 3.43. The lowest BCUT2D eigenvalue weighted by Crippen LogP contribution is -2.10. The Morgan fingerprint density at radius 1 is 1.00 bits per heavy atom. The average Bonchev–Trinajstić information content (AvgIpc) is 2.15. The first kappa shape index (κ1) is 4.57. The summed E-state index contributed by atoms with van der Waals surface area (Å²) in [4.78, 5) is 0. The van der Waals surface area contributed by atoms with E-state index in [1.165, 1.54) is 32.4 Å². The van der Waals surface area contributed by atoms with Crippen molar-refractivity contribution in [3.05, 3.63) is 11.1 Å². The van der Waals surface area contributed by atoms with Crippen molar-refractivity contribution in [1.29, 1.82) is 0 Å². The first-order valence-electron chi connectivity index (χ1n) is 3.37. The summed E-state index contributed by atoms with van der Waals surface area (Å²) in [7, 11) is 0. The first-order valence-corrected chi connectivity index (χ1v) is 3.37. The molecule has 0 aromatic heterocycles. The normalized spacial score (nSPS) is 27.0. The van der Waals surface area contributed by atoms with E-state index in [1.54, 1.807) is 11.1 Å². The molecule has 0 spiro atoms. The molecule has 0 bridgehead atoms. The smallest absolute Gasteiger partial charge is 0.0170 e. The van der Waals surface area contributed by atoms with Gasteiger partial charge >= 0.3 is 0 Å². The molecular formula is C7H11N. The Labute approximate surface area is 49.8 Å². The average molecular weight is 109 g/mol. The SMILES string of the molecule is C1CC2=C(C1)CNC2. The minimum Gasteiger partial charge on any atom is -0.309 e. The highest BCUT2D eigenvalue weighted by atomic mass is 14.9. The van der Waals surface area contributed by atoms with Crippen LogP contribution in [0.15, 0.2) is 11.1 Å². The summed E-state index contributed by atoms with van der Waals surface area (Å²) in [5, 5.41) is 3.35. The van der Waals surface area contributed by atoms with Crippen molar-refractivity contribution >= 4 is 0 Å². The second-order valence-electron chi connectivity index (χ2n) is 2.66. The summed E-state index contributed by atoms with van der Waals surface area (Å²) in [6, 6.07) is 0. The van der Waals surface area contributed by atoms with E-state index in [9.17, 15) is 0 Å². The van der Waals surface area contributed by atoms with Gasteiger partial charge < -0.3 is 5.32 Å². The Bertz CT molecular complexity index is 107. The van der Waals surface area contributed by atoms with Gasteiger partial charge in [0.15, 0.2) is 0 Å². The summed E-state index contributed by atoms with van der Waals surface area (Å²) in [6.07, 6.45) is 4.18. The van der Waals surface area contributed by atoms with E-state index in [1.807, 2.05) is 0 Å². The van der Waals surface area contributed by atoms with Crippen molar-refractivity contribution in [1.82, 2.24) is 5.32 Å². The molecule has 1 aliphatic carbocycles. The van der Waals surface area contributed by atoms with Crippen LogP contribution < -0.4 is 5.32 Å². The molecule has 0 unspecified atom stereocenters. The highest BCUT2D eigenvalue weighted by Crippen LogP contribution is 2.27. The van der Waals surface area contributed by atoms with Crippen LogP contribution in [0.25, 0.3) is 0 Å². The van der Waals surface area contributed by atoms with Crippen molar-refractivity contribution in [2.75, 3.05) is 13.1 Å². The lowest BCUT2D eigenvalue weighted by Gasteiger charge is -1.93. The van der Waals surface area contributed by atoms with Crippen LogP contribution in [0.3, 0.4) is 0 Å². The standard InChI is InChI=1S/C7H11N/c1-2-6-4-8-5-7(6)3-1/h8H,1-5H2. The van der Waals surface area contributed by atoms with E-state index in [0.29, 0.717) is 0 Å². The molecule has 44 valence electrons. The monoisotopic (exact) mass is 109 g/mol. The maximum atomic E-state index is 3.35. The fraction of sp³-hybridized carbons (Fsp3) is 0.714. The zero-order chi connectivity index (χ0) is 5.40. The molecule has 0 atom stereocenters. The van der Waals surface area contributed by atoms with Crippen LogP contribution in [0, 0.1) is 0 Å². The van der Waals surface area contributed by atoms with E-state index in [0.717, 1.165) is 0 Å². The predicted octanol–water partition coefficient (Wildman–Crippen LogP) is 1.07. The van der Waals surface area contributed by atoms with Gasteiger partial charge in [-0.25, -0.2) is 0 Å². The topological polar surface area (TPSA) is 12.0 Å². The van der Waals surface area contributed by atoms with Crippen LogP contribution in [0.4, 0.5) is 0 Å². The van der Waals surface area contributed by atoms with Gasteiger partial charge in [-0.15, -0.1) is 0 Å². The molecule has 0 fully saturated rings. The van der Waals surface area contributed by atoms with Gasteiger partial charge in [0, 0.05) is 13.1 Å². The van der Waals surface area contributed by atoms with Crippen LogP contribution in [0.1, 0.15) is 19.3 Å². The lowest BCUT2D eigenvalue weighted by molar-refractivity contribution is 0.765. The van der Waals surface area contributed by atoms with Crippen LogP contribution in [0.2, 0.25) is 0 Å². The predicted molar refractivity (Wildman–Crippen MR) is 33.7 cm³/mol. The Kier molecular flexibility index (Phi) is 0.908. The largest absolute Gasteiger partial charge is 0.309 e. The Morgan fingerprint density at radius 2 is 1.62 bits per heavy atom. The number of rotatable bonds is 0. The third-order valence-corrected chi connectivity index (χ3v) is 2.13. The van der Waals surface area contributed by atoms with Crippen molar-refractivity contribution in [3.8, 4) is 0 Å². The maximum Gasteiger partial charge on any atom is 0.0170 e. The summed E-state index contributed by atoms with van der Waals surface area (Å²) in [5.74, 6) is 0. The lowest BCUT2D eigenvalue weighted by atomic mass is 10.2. The molecule has 0 aromatic rings. The molecule has 0 amide bonds. The van der Waals surface area contributed by atoms with Crippen molar-refractivity contribution < 1.29 is 0 Å². The first-order chi connectivity index (χ1) is 3.97. The molecule has 0 saturated heterocycles. The minimum absolute atomic E-state index is 1.19. The summed E-state index contributed by atoms with van der Waals surface area (Å²) < 4.78 is 0. The third kappa shape index (κ3) is 0.511. The van der Waals surface area contributed by atoms with E-state index in [2.05, 4.69) is 5.32 Å². The van der Waals surface area contributed by atoms with Crippen LogP contribution in [0.5, 0.6) is 0 Å². The van der Waals surface area contributed by atoms with Crippen molar-refractivity contribution in [2.24, 2.45) is 0 Å². The van der Waals surface area contributed by atoms with Gasteiger partial charge in [0.25, 0.3) is 0 Å². The van der Waals surface area contributed by atoms with E-state index in [-0.39, 0.29) is 0 Å². The van der Waals surface area contributed by atoms with Crippen LogP contribution in [-0.4, -0.2) is 13.1 Å². The fourth-order valence-corrected chi connectivity index (χ4v) is 1.66. The summed E-state index contributed by atoms with van der Waals surface area (Å²) in [6.45, 7) is 2.38. The van der Waals surface area contributed by atoms with Gasteiger partial charge in [-0.2, -0.15) is 0 Å². The van der Waals surface area contributed by atoms with Gasteiger partial charge in [0.2, 0.25) is 0 Å². The molecule has 0 radical (unpaired) electrons. The number of nitrogens with one attached hydrogen (secondary N) is 1. The molecule has 2 aliphatic rings. The molecule has 1 N–H and O–H groups in total. The fourth-order valence-electron chi connectivity index (χ4n) is 1.66. The van der Waals surface area contributed by atoms with Crippen LogP contribution in [-0.2, 0) is 0 Å². The molecule has 0 saturated carbocycles. The molecule has 8 heavy (non-hydrogen) atoms. The number of hydrogen-bond donors (Lipinski definition) is 1. The molecule has 2 rings (SSSR count). The summed E-state index contributed by atoms with van der Waals surface area (Å²) >= 11 is 0. The van der Waals surface area contributed by atoms with Gasteiger partial charge in [-0.1, -0.05) is 11.1 Å². The minimum atomic E-state index is 1.19. The zero-order valence-corrected chi connectivity index (χ0v) is 5.04. The highest BCUT2D eigenvalue weighted by molar-refractivity contribution is 5.26. The number of hydrogen-bond acceptors (Lipinski definition) is 1. The third-order valence-electron chi connectivity index (χ3n) is 2.13. The highest BCUT2D eigenvalue weighted by Gasteiger charge is 2.17. The Morgan fingerprint density at radius 3 is 2.25 bits per heavy atom. The maximum absolute atomic E-state index is 3.35. The zero-order valence-electron chi connectivity index (χ0n) is 5.04. The van der Waals surface area contributed by atoms with Crippen molar-refractivity contribution in [3.63, 3.8) is 0 Å². The Balaban J connectivity index is 2.23. The van der Waals surface area contributed by atoms with Gasteiger partial charge in [-0.3, -0.25) is 0 Å². The molecule has 1 heteroatoms. The molecule has 1 aliphatic heterocycles. The van der Waals surface area contributed by atoms with Gasteiger partial charge in [0.05, 0.1) is 0 Å². The van der Waals surface area contributed by atoms with E-state index >= 15 is 0 Å². The van der Waals surface area contributed by atoms with E-state index < -0.39 is 0 Å². The van der Waals surface area contributed by atoms with Gasteiger partial charge in [-0.05, 0) is 19.3 Å². The Hall–Kier alpha value is -0.300. The molecule has 1 heterocycles. The quantitative estimate of drug-likeness (QED) is 0.459. The second-order valence-corrected chi connectivity index (χ2v) is 2.66. The van der Waals surface area contributed by atoms with E-state index in [4.69, 9.17) is 0 Å². The second kappa shape index (κ2) is 1.59.